The number of ether oxygens (including phenoxy) is 1. The molecule has 0 bridgehead atoms. The third kappa shape index (κ3) is 4.57. The average molecular weight is 293 g/mol. The van der Waals surface area contributed by atoms with Crippen molar-refractivity contribution in [2.24, 2.45) is 0 Å². The second-order valence-corrected chi connectivity index (χ2v) is 4.41. The molecule has 5 heteroatoms. The monoisotopic (exact) mass is 292 g/mol. The number of carbonyl (C=O) groups excluding carboxylic acids is 1. The highest BCUT2D eigenvalue weighted by Crippen LogP contribution is 2.15. The minimum absolute atomic E-state index is 0. The predicted molar refractivity (Wildman–Crippen MR) is 75.0 cm³/mol. The highest BCUT2D eigenvalue weighted by Gasteiger charge is 2.07. The van der Waals surface area contributed by atoms with Crippen LogP contribution in [0.1, 0.15) is 0 Å². The van der Waals surface area contributed by atoms with Crippen LogP contribution in [-0.2, 0) is 0 Å². The summed E-state index contributed by atoms with van der Waals surface area (Å²) >= 11 is 0. The number of hydrogen-bond acceptors (Lipinski definition) is 2. The summed E-state index contributed by atoms with van der Waals surface area (Å²) in [4.78, 5) is 12.9. The molecule has 0 fully saturated rings. The topological polar surface area (TPSA) is 42.8 Å². The van der Waals surface area contributed by atoms with E-state index in [-0.39, 0.29) is 12.4 Å². The number of carbonyl (C=O) groups is 1. The fraction of sp³-hybridized carbons (Fsp3) is 0.133. The molecule has 0 radical (unpaired) electrons. The second kappa shape index (κ2) is 7.53. The minimum atomic E-state index is -0.489. The van der Waals surface area contributed by atoms with Gasteiger partial charge in [0, 0.05) is 11.8 Å². The van der Waals surface area contributed by atoms with E-state index in [1.54, 1.807) is 6.07 Å². The zero-order chi connectivity index (χ0) is 13.7. The molecule has 0 aliphatic carbocycles. The zero-order valence-corrected chi connectivity index (χ0v) is 12.1. The summed E-state index contributed by atoms with van der Waals surface area (Å²) in [6.07, 6.45) is -0.489. The first-order valence-corrected chi connectivity index (χ1v) is 6.09. The largest absolute Gasteiger partial charge is 1.00 e. The van der Waals surface area contributed by atoms with Gasteiger partial charge in [0.05, 0.1) is 14.1 Å². The van der Waals surface area contributed by atoms with Gasteiger partial charge in [-0.15, -0.1) is 0 Å². The molecule has 20 heavy (non-hydrogen) atoms. The molecule has 2 aromatic carbocycles. The first-order valence-electron chi connectivity index (χ1n) is 6.09. The predicted octanol–water partition coefficient (Wildman–Crippen LogP) is -0.922. The van der Waals surface area contributed by atoms with Crippen molar-refractivity contribution in [3.05, 3.63) is 54.6 Å². The number of benzene rings is 2. The third-order valence-corrected chi connectivity index (χ3v) is 2.64. The van der Waals surface area contributed by atoms with Crippen LogP contribution >= 0.6 is 0 Å². The van der Waals surface area contributed by atoms with Gasteiger partial charge < -0.3 is 22.0 Å². The standard InChI is InChI=1S/C15H16N2O2.ClH/c1-17(2)13-9-6-10-14(11-13)19-15(18)16-12-7-4-3-5-8-12;/h3-11H,1-2H3,(H,16,18);1H. The number of anilines is 1. The lowest BCUT2D eigenvalue weighted by Crippen LogP contribution is -3.00. The van der Waals surface area contributed by atoms with Gasteiger partial charge >= 0.3 is 6.09 Å². The van der Waals surface area contributed by atoms with E-state index in [9.17, 15) is 4.79 Å². The molecule has 0 aliphatic heterocycles. The molecule has 106 valence electrons. The number of para-hydroxylation sites is 1. The lowest BCUT2D eigenvalue weighted by atomic mass is 10.3. The van der Waals surface area contributed by atoms with Crippen molar-refractivity contribution in [2.45, 2.75) is 0 Å². The molecule has 2 aromatic rings. The van der Waals surface area contributed by atoms with Crippen LogP contribution < -0.4 is 27.4 Å². The lowest BCUT2D eigenvalue weighted by molar-refractivity contribution is -0.786. The lowest BCUT2D eigenvalue weighted by Gasteiger charge is -2.09. The van der Waals surface area contributed by atoms with Crippen molar-refractivity contribution >= 4 is 17.5 Å². The summed E-state index contributed by atoms with van der Waals surface area (Å²) < 4.78 is 5.25. The summed E-state index contributed by atoms with van der Waals surface area (Å²) in [5.41, 5.74) is 1.77. The maximum Gasteiger partial charge on any atom is 0.417 e. The van der Waals surface area contributed by atoms with Gasteiger partial charge in [0.2, 0.25) is 0 Å². The molecule has 0 unspecified atom stereocenters. The van der Waals surface area contributed by atoms with Crippen molar-refractivity contribution in [3.8, 4) is 5.75 Å². The van der Waals surface area contributed by atoms with Gasteiger partial charge in [-0.1, -0.05) is 24.3 Å². The van der Waals surface area contributed by atoms with Gasteiger partial charge in [0.25, 0.3) is 0 Å². The molecule has 4 nitrogen and oxygen atoms in total. The number of halogens is 1. The Balaban J connectivity index is 0.00000200. The van der Waals surface area contributed by atoms with Crippen molar-refractivity contribution in [1.29, 1.82) is 0 Å². The van der Waals surface area contributed by atoms with Crippen molar-refractivity contribution in [2.75, 3.05) is 19.4 Å². The zero-order valence-electron chi connectivity index (χ0n) is 11.4. The number of quaternary nitrogens is 1. The highest BCUT2D eigenvalue weighted by atomic mass is 35.5. The summed E-state index contributed by atoms with van der Waals surface area (Å²) in [6.45, 7) is 0. The summed E-state index contributed by atoms with van der Waals surface area (Å²) in [5, 5.41) is 2.67. The quantitative estimate of drug-likeness (QED) is 0.768. The maximum absolute atomic E-state index is 11.7. The van der Waals surface area contributed by atoms with Crippen LogP contribution in [0.25, 0.3) is 0 Å². The van der Waals surface area contributed by atoms with Crippen LogP contribution in [0.4, 0.5) is 16.2 Å². The first-order chi connectivity index (χ1) is 9.15. The Kier molecular flexibility index (Phi) is 6.03. The summed E-state index contributed by atoms with van der Waals surface area (Å²) in [7, 11) is 4.03. The molecule has 0 saturated heterocycles. The van der Waals surface area contributed by atoms with E-state index < -0.39 is 6.09 Å². The van der Waals surface area contributed by atoms with Crippen LogP contribution in [0.3, 0.4) is 0 Å². The van der Waals surface area contributed by atoms with Crippen LogP contribution in [0, 0.1) is 0 Å². The number of rotatable bonds is 3. The Morgan fingerprint density at radius 1 is 1.05 bits per heavy atom. The Morgan fingerprint density at radius 3 is 2.40 bits per heavy atom. The Morgan fingerprint density at radius 2 is 1.75 bits per heavy atom. The van der Waals surface area contributed by atoms with Crippen molar-refractivity contribution in [3.63, 3.8) is 0 Å². The van der Waals surface area contributed by atoms with Crippen LogP contribution in [0.15, 0.2) is 54.6 Å². The molecule has 0 atom stereocenters. The SMILES string of the molecule is C[NH+](C)c1cccc(OC(=O)Nc2ccccc2)c1.[Cl-]. The van der Waals surface area contributed by atoms with E-state index in [0.29, 0.717) is 11.4 Å². The van der Waals surface area contributed by atoms with Crippen LogP contribution in [0.5, 0.6) is 5.75 Å². The Hall–Kier alpha value is -2.04. The molecule has 0 heterocycles. The molecule has 0 spiro atoms. The molecule has 1 amide bonds. The van der Waals surface area contributed by atoms with Gasteiger partial charge in [-0.2, -0.15) is 0 Å². The Labute approximate surface area is 124 Å². The van der Waals surface area contributed by atoms with Gasteiger partial charge in [-0.3, -0.25) is 5.32 Å². The van der Waals surface area contributed by atoms with E-state index in [1.807, 2.05) is 62.6 Å². The Bertz CT molecular complexity index is 559. The van der Waals surface area contributed by atoms with Gasteiger partial charge in [0.1, 0.15) is 11.4 Å². The van der Waals surface area contributed by atoms with Gasteiger partial charge in [-0.05, 0) is 24.3 Å². The van der Waals surface area contributed by atoms with E-state index in [1.165, 1.54) is 4.90 Å². The van der Waals surface area contributed by atoms with E-state index >= 15 is 0 Å². The second-order valence-electron chi connectivity index (χ2n) is 4.41. The molecule has 0 aliphatic rings. The van der Waals surface area contributed by atoms with Crippen molar-refractivity contribution < 1.29 is 26.8 Å². The fourth-order valence-electron chi connectivity index (χ4n) is 1.64. The smallest absolute Gasteiger partial charge is 0.417 e. The summed E-state index contributed by atoms with van der Waals surface area (Å²) in [6, 6.07) is 16.7. The van der Waals surface area contributed by atoms with Crippen LogP contribution in [0.2, 0.25) is 0 Å². The first kappa shape index (κ1) is 16.0. The van der Waals surface area contributed by atoms with E-state index in [0.717, 1.165) is 5.69 Å². The van der Waals surface area contributed by atoms with Crippen LogP contribution in [-0.4, -0.2) is 20.2 Å². The van der Waals surface area contributed by atoms with Crippen molar-refractivity contribution in [1.82, 2.24) is 0 Å². The average Bonchev–Trinajstić information content (AvgIpc) is 2.40. The molecule has 0 saturated carbocycles. The number of nitrogens with one attached hydrogen (secondary N) is 2. The molecular formula is C15H17ClN2O2. The maximum atomic E-state index is 11.7. The van der Waals surface area contributed by atoms with Gasteiger partial charge in [-0.25, -0.2) is 4.79 Å². The highest BCUT2D eigenvalue weighted by molar-refractivity contribution is 5.86. The molecule has 2 N–H and O–H groups in total. The minimum Gasteiger partial charge on any atom is -1.00 e. The molecular weight excluding hydrogens is 276 g/mol. The number of hydrogen-bond donors (Lipinski definition) is 2. The fourth-order valence-corrected chi connectivity index (χ4v) is 1.64. The molecule has 2 rings (SSSR count). The number of amides is 1. The van der Waals surface area contributed by atoms with Gasteiger partial charge in [0.15, 0.2) is 0 Å². The molecule has 0 aromatic heterocycles. The third-order valence-electron chi connectivity index (χ3n) is 2.64. The van der Waals surface area contributed by atoms with E-state index in [2.05, 4.69) is 5.32 Å². The summed E-state index contributed by atoms with van der Waals surface area (Å²) in [5.74, 6) is 0.534. The van der Waals surface area contributed by atoms with E-state index in [4.69, 9.17) is 4.74 Å². The normalized spacial score (nSPS) is 9.75.